The number of benzene rings is 2. The number of ketones is 1. The van der Waals surface area contributed by atoms with Crippen LogP contribution in [0.2, 0.25) is 10.0 Å². The minimum absolute atomic E-state index is 0.150. The number of halogens is 2. The van der Waals surface area contributed by atoms with Crippen LogP contribution in [0.25, 0.3) is 0 Å². The summed E-state index contributed by atoms with van der Waals surface area (Å²) in [5.74, 6) is 0.150. The summed E-state index contributed by atoms with van der Waals surface area (Å²) in [6.45, 7) is 4.21. The molecule has 27 heavy (non-hydrogen) atoms. The number of carbonyl (C=O) groups is 1. The van der Waals surface area contributed by atoms with Crippen LogP contribution in [-0.2, 0) is 23.2 Å². The third-order valence-corrected chi connectivity index (χ3v) is 6.65. The molecule has 2 aromatic rings. The van der Waals surface area contributed by atoms with E-state index in [2.05, 4.69) is 28.4 Å². The number of hydrogen-bond acceptors (Lipinski definition) is 3. The summed E-state index contributed by atoms with van der Waals surface area (Å²) < 4.78 is 0. The van der Waals surface area contributed by atoms with Crippen LogP contribution in [0.15, 0.2) is 42.5 Å². The van der Waals surface area contributed by atoms with E-state index in [1.165, 1.54) is 18.4 Å². The van der Waals surface area contributed by atoms with Crippen LogP contribution >= 0.6 is 23.2 Å². The van der Waals surface area contributed by atoms with Gasteiger partial charge in [-0.15, -0.1) is 0 Å². The van der Waals surface area contributed by atoms with Crippen LogP contribution < -0.4 is 5.32 Å². The van der Waals surface area contributed by atoms with Gasteiger partial charge in [0.2, 0.25) is 0 Å². The number of hydrogen-bond donors (Lipinski definition) is 1. The summed E-state index contributed by atoms with van der Waals surface area (Å²) >= 11 is 12.2. The zero-order valence-electron chi connectivity index (χ0n) is 15.5. The zero-order chi connectivity index (χ0) is 19.0. The highest BCUT2D eigenvalue weighted by Gasteiger charge is 2.43. The second-order valence-electron chi connectivity index (χ2n) is 7.74. The smallest absolute Gasteiger partial charge is 0.161 e. The number of carbonyl (C=O) groups excluding carboxylic acids is 1. The maximum Gasteiger partial charge on any atom is 0.161 e. The molecule has 142 valence electrons. The molecule has 2 aliphatic rings. The Labute approximate surface area is 170 Å². The molecule has 2 aromatic carbocycles. The second kappa shape index (κ2) is 7.56. The average Bonchev–Trinajstić information content (AvgIpc) is 3.19. The standard InChI is InChI=1S/C22H24Cl2N2O/c1-22(20(27)13-15-8-9-18(23)19(24)12-15)17-7-3-2-6-16(17)14-21(25-22)26-10-4-5-11-26/h2-3,6-9,12,21,25H,4-5,10-11,13-14H2,1H3/t21?,22-/m0/s1. The Bertz CT molecular complexity index is 863. The number of Topliss-reactive ketones (excluding diaryl/α,β-unsaturated/α-hetero) is 1. The molecule has 0 radical (unpaired) electrons. The molecular weight excluding hydrogens is 379 g/mol. The summed E-state index contributed by atoms with van der Waals surface area (Å²) in [5.41, 5.74) is 2.52. The summed E-state index contributed by atoms with van der Waals surface area (Å²) in [5, 5.41) is 4.69. The highest BCUT2D eigenvalue weighted by molar-refractivity contribution is 6.42. The molecule has 0 aromatic heterocycles. The normalized spacial score (nSPS) is 25.4. The fourth-order valence-corrected chi connectivity index (χ4v) is 4.69. The molecule has 1 unspecified atom stereocenters. The molecule has 2 atom stereocenters. The molecule has 0 spiro atoms. The van der Waals surface area contributed by atoms with E-state index < -0.39 is 5.54 Å². The lowest BCUT2D eigenvalue weighted by molar-refractivity contribution is -0.126. The minimum Gasteiger partial charge on any atom is -0.297 e. The molecule has 1 fully saturated rings. The number of fused-ring (bicyclic) bond motifs is 1. The third-order valence-electron chi connectivity index (χ3n) is 5.91. The Morgan fingerprint density at radius 3 is 2.63 bits per heavy atom. The van der Waals surface area contributed by atoms with Crippen molar-refractivity contribution >= 4 is 29.0 Å². The Kier molecular flexibility index (Phi) is 5.30. The average molecular weight is 403 g/mol. The van der Waals surface area contributed by atoms with Gasteiger partial charge in [0.25, 0.3) is 0 Å². The van der Waals surface area contributed by atoms with Crippen molar-refractivity contribution in [2.45, 2.75) is 44.3 Å². The van der Waals surface area contributed by atoms with Crippen molar-refractivity contribution in [3.05, 3.63) is 69.2 Å². The highest BCUT2D eigenvalue weighted by Crippen LogP contribution is 2.34. The van der Waals surface area contributed by atoms with Crippen molar-refractivity contribution in [1.82, 2.24) is 10.2 Å². The van der Waals surface area contributed by atoms with Crippen molar-refractivity contribution in [1.29, 1.82) is 0 Å². The van der Waals surface area contributed by atoms with Crippen LogP contribution in [0.4, 0.5) is 0 Å². The topological polar surface area (TPSA) is 32.3 Å². The summed E-state index contributed by atoms with van der Waals surface area (Å²) in [6, 6.07) is 13.7. The van der Waals surface area contributed by atoms with Crippen molar-refractivity contribution in [2.24, 2.45) is 0 Å². The first-order chi connectivity index (χ1) is 13.0. The van der Waals surface area contributed by atoms with E-state index in [1.807, 2.05) is 19.1 Å². The summed E-state index contributed by atoms with van der Waals surface area (Å²) in [4.78, 5) is 15.9. The molecule has 0 saturated carbocycles. The molecule has 0 bridgehead atoms. The van der Waals surface area contributed by atoms with Gasteiger partial charge in [-0.2, -0.15) is 0 Å². The predicted molar refractivity (Wildman–Crippen MR) is 110 cm³/mol. The second-order valence-corrected chi connectivity index (χ2v) is 8.55. The first-order valence-corrected chi connectivity index (χ1v) is 10.3. The third kappa shape index (κ3) is 3.66. The van der Waals surface area contributed by atoms with Crippen molar-refractivity contribution in [3.8, 4) is 0 Å². The van der Waals surface area contributed by atoms with Gasteiger partial charge in [-0.1, -0.05) is 53.5 Å². The minimum atomic E-state index is -0.714. The van der Waals surface area contributed by atoms with E-state index in [-0.39, 0.29) is 11.9 Å². The van der Waals surface area contributed by atoms with Crippen LogP contribution in [0.3, 0.4) is 0 Å². The SMILES string of the molecule is C[C@]1(C(=O)Cc2ccc(Cl)c(Cl)c2)NC(N2CCCC2)Cc2ccccc21. The Balaban J connectivity index is 1.65. The van der Waals surface area contributed by atoms with Gasteiger partial charge in [-0.25, -0.2) is 0 Å². The number of nitrogens with one attached hydrogen (secondary N) is 1. The maximum atomic E-state index is 13.5. The van der Waals surface area contributed by atoms with Crippen LogP contribution in [0.1, 0.15) is 36.5 Å². The molecule has 3 nitrogen and oxygen atoms in total. The number of rotatable bonds is 4. The van der Waals surface area contributed by atoms with Crippen LogP contribution in [0.5, 0.6) is 0 Å². The lowest BCUT2D eigenvalue weighted by atomic mass is 9.78. The molecular formula is C22H24Cl2N2O. The van der Waals surface area contributed by atoms with Gasteiger partial charge in [0.05, 0.1) is 16.2 Å². The van der Waals surface area contributed by atoms with Gasteiger partial charge in [0.15, 0.2) is 5.78 Å². The van der Waals surface area contributed by atoms with Crippen molar-refractivity contribution in [2.75, 3.05) is 13.1 Å². The van der Waals surface area contributed by atoms with Crippen molar-refractivity contribution < 1.29 is 4.79 Å². The first kappa shape index (κ1) is 18.9. The van der Waals surface area contributed by atoms with Gasteiger partial charge in [0, 0.05) is 12.8 Å². The van der Waals surface area contributed by atoms with Gasteiger partial charge in [-0.05, 0) is 61.7 Å². The molecule has 1 N–H and O–H groups in total. The Hall–Kier alpha value is -1.39. The predicted octanol–water partition coefficient (Wildman–Crippen LogP) is 4.59. The van der Waals surface area contributed by atoms with Gasteiger partial charge >= 0.3 is 0 Å². The Morgan fingerprint density at radius 2 is 1.89 bits per heavy atom. The molecule has 2 aliphatic heterocycles. The van der Waals surface area contributed by atoms with E-state index >= 15 is 0 Å². The van der Waals surface area contributed by atoms with E-state index in [9.17, 15) is 4.79 Å². The molecule has 1 saturated heterocycles. The fraction of sp³-hybridized carbons (Fsp3) is 0.409. The van der Waals surface area contributed by atoms with Gasteiger partial charge < -0.3 is 0 Å². The van der Waals surface area contributed by atoms with E-state index in [1.54, 1.807) is 12.1 Å². The quantitative estimate of drug-likeness (QED) is 0.811. The van der Waals surface area contributed by atoms with E-state index in [0.717, 1.165) is 30.6 Å². The lowest BCUT2D eigenvalue weighted by Crippen LogP contribution is -2.60. The lowest BCUT2D eigenvalue weighted by Gasteiger charge is -2.43. The van der Waals surface area contributed by atoms with Crippen molar-refractivity contribution in [3.63, 3.8) is 0 Å². The number of likely N-dealkylation sites (tertiary alicyclic amines) is 1. The number of nitrogens with zero attached hydrogens (tertiary/aromatic N) is 1. The van der Waals surface area contributed by atoms with Crippen LogP contribution in [0, 0.1) is 0 Å². The maximum absolute atomic E-state index is 13.5. The van der Waals surface area contributed by atoms with E-state index in [4.69, 9.17) is 23.2 Å². The largest absolute Gasteiger partial charge is 0.297 e. The molecule has 2 heterocycles. The van der Waals surface area contributed by atoms with E-state index in [0.29, 0.717) is 16.5 Å². The monoisotopic (exact) mass is 402 g/mol. The Morgan fingerprint density at radius 1 is 1.15 bits per heavy atom. The zero-order valence-corrected chi connectivity index (χ0v) is 17.0. The van der Waals surface area contributed by atoms with Gasteiger partial charge in [0.1, 0.15) is 5.54 Å². The fourth-order valence-electron chi connectivity index (χ4n) is 4.37. The van der Waals surface area contributed by atoms with Crippen LogP contribution in [-0.4, -0.2) is 29.9 Å². The molecule has 5 heteroatoms. The molecule has 0 aliphatic carbocycles. The van der Waals surface area contributed by atoms with Gasteiger partial charge in [-0.3, -0.25) is 15.0 Å². The molecule has 4 rings (SSSR count). The summed E-state index contributed by atoms with van der Waals surface area (Å²) in [6.07, 6.45) is 3.92. The highest BCUT2D eigenvalue weighted by atomic mass is 35.5. The summed E-state index contributed by atoms with van der Waals surface area (Å²) in [7, 11) is 0. The molecule has 0 amide bonds. The first-order valence-electron chi connectivity index (χ1n) is 9.55.